The van der Waals surface area contributed by atoms with Gasteiger partial charge in [0.05, 0.1) is 12.7 Å². The van der Waals surface area contributed by atoms with Gasteiger partial charge in [0.1, 0.15) is 0 Å². The third kappa shape index (κ3) is 2.43. The molecule has 0 bridgehead atoms. The number of carbonyl (C=O) groups excluding carboxylic acids is 1. The minimum atomic E-state index is -0.377. The molecule has 0 aromatic heterocycles. The summed E-state index contributed by atoms with van der Waals surface area (Å²) in [7, 11) is 1.44. The van der Waals surface area contributed by atoms with Gasteiger partial charge >= 0.3 is 0 Å². The van der Waals surface area contributed by atoms with Crippen molar-refractivity contribution in [3.8, 4) is 11.5 Å². The van der Waals surface area contributed by atoms with E-state index >= 15 is 0 Å². The van der Waals surface area contributed by atoms with Gasteiger partial charge in [0.15, 0.2) is 11.5 Å². The SMILES string of the molecule is COc1cccc(C(=O)Nc2ccccc2)c1O. The van der Waals surface area contributed by atoms with Crippen LogP contribution >= 0.6 is 0 Å². The lowest BCUT2D eigenvalue weighted by Gasteiger charge is -2.09. The van der Waals surface area contributed by atoms with Gasteiger partial charge in [-0.25, -0.2) is 0 Å². The zero-order chi connectivity index (χ0) is 13.0. The number of hydrogen-bond donors (Lipinski definition) is 2. The number of nitrogens with one attached hydrogen (secondary N) is 1. The number of rotatable bonds is 3. The Morgan fingerprint density at radius 1 is 1.11 bits per heavy atom. The van der Waals surface area contributed by atoms with E-state index in [9.17, 15) is 9.90 Å². The van der Waals surface area contributed by atoms with Crippen LogP contribution in [0, 0.1) is 0 Å². The Morgan fingerprint density at radius 3 is 2.50 bits per heavy atom. The van der Waals surface area contributed by atoms with Crippen molar-refractivity contribution in [3.05, 3.63) is 54.1 Å². The number of phenolic OH excluding ortho intramolecular Hbond substituents is 1. The zero-order valence-corrected chi connectivity index (χ0v) is 9.88. The summed E-state index contributed by atoms with van der Waals surface area (Å²) in [4.78, 5) is 12.0. The van der Waals surface area contributed by atoms with E-state index in [4.69, 9.17) is 4.74 Å². The number of hydrogen-bond acceptors (Lipinski definition) is 3. The number of ether oxygens (including phenoxy) is 1. The molecule has 0 unspecified atom stereocenters. The van der Waals surface area contributed by atoms with E-state index in [0.29, 0.717) is 5.69 Å². The lowest BCUT2D eigenvalue weighted by Crippen LogP contribution is -2.12. The van der Waals surface area contributed by atoms with Gasteiger partial charge in [0.25, 0.3) is 5.91 Å². The maximum absolute atomic E-state index is 12.0. The molecule has 0 heterocycles. The molecule has 2 aromatic rings. The molecule has 0 aliphatic heterocycles. The van der Waals surface area contributed by atoms with E-state index in [2.05, 4.69) is 5.32 Å². The van der Waals surface area contributed by atoms with Crippen LogP contribution in [0.3, 0.4) is 0 Å². The van der Waals surface area contributed by atoms with E-state index in [1.807, 2.05) is 18.2 Å². The summed E-state index contributed by atoms with van der Waals surface area (Å²) in [5.41, 5.74) is 0.850. The van der Waals surface area contributed by atoms with Crippen LogP contribution in [0.1, 0.15) is 10.4 Å². The monoisotopic (exact) mass is 243 g/mol. The maximum Gasteiger partial charge on any atom is 0.259 e. The van der Waals surface area contributed by atoms with Crippen molar-refractivity contribution >= 4 is 11.6 Å². The second-order valence-electron chi connectivity index (χ2n) is 3.68. The molecule has 2 aromatic carbocycles. The molecular weight excluding hydrogens is 230 g/mol. The molecule has 0 saturated carbocycles. The average molecular weight is 243 g/mol. The van der Waals surface area contributed by atoms with E-state index in [1.165, 1.54) is 13.2 Å². The summed E-state index contributed by atoms with van der Waals surface area (Å²) in [6, 6.07) is 13.8. The summed E-state index contributed by atoms with van der Waals surface area (Å²) in [5, 5.41) is 12.5. The van der Waals surface area contributed by atoms with Crippen LogP contribution in [0.15, 0.2) is 48.5 Å². The average Bonchev–Trinajstić information content (AvgIpc) is 2.40. The Kier molecular flexibility index (Phi) is 3.48. The summed E-state index contributed by atoms with van der Waals surface area (Å²) in [6.07, 6.45) is 0. The predicted molar refractivity (Wildman–Crippen MR) is 69.1 cm³/mol. The number of methoxy groups -OCH3 is 1. The van der Waals surface area contributed by atoms with E-state index < -0.39 is 0 Å². The Balaban J connectivity index is 2.24. The highest BCUT2D eigenvalue weighted by molar-refractivity contribution is 6.06. The Morgan fingerprint density at radius 2 is 1.83 bits per heavy atom. The molecule has 92 valence electrons. The van der Waals surface area contributed by atoms with Crippen LogP contribution < -0.4 is 10.1 Å². The second kappa shape index (κ2) is 5.23. The molecule has 4 nitrogen and oxygen atoms in total. The molecule has 0 fully saturated rings. The molecule has 0 aliphatic rings. The van der Waals surface area contributed by atoms with Gasteiger partial charge in [-0.15, -0.1) is 0 Å². The summed E-state index contributed by atoms with van der Waals surface area (Å²) in [6.45, 7) is 0. The van der Waals surface area contributed by atoms with Crippen LogP contribution in [-0.4, -0.2) is 18.1 Å². The molecule has 0 saturated heterocycles. The lowest BCUT2D eigenvalue weighted by atomic mass is 10.1. The van der Waals surface area contributed by atoms with Crippen molar-refractivity contribution in [1.82, 2.24) is 0 Å². The first-order chi connectivity index (χ1) is 8.72. The van der Waals surface area contributed by atoms with Gasteiger partial charge in [0.2, 0.25) is 0 Å². The summed E-state index contributed by atoms with van der Waals surface area (Å²) >= 11 is 0. The molecule has 1 amide bonds. The lowest BCUT2D eigenvalue weighted by molar-refractivity contribution is 0.102. The van der Waals surface area contributed by atoms with Crippen LogP contribution in [-0.2, 0) is 0 Å². The Hall–Kier alpha value is -2.49. The van der Waals surface area contributed by atoms with E-state index in [0.717, 1.165) is 0 Å². The van der Waals surface area contributed by atoms with E-state index in [1.54, 1.807) is 24.3 Å². The first kappa shape index (κ1) is 12.0. The molecular formula is C14H13NO3. The fraction of sp³-hybridized carbons (Fsp3) is 0.0714. The number of benzene rings is 2. The molecule has 18 heavy (non-hydrogen) atoms. The summed E-state index contributed by atoms with van der Waals surface area (Å²) < 4.78 is 4.96. The Bertz CT molecular complexity index is 552. The van der Waals surface area contributed by atoms with Crippen molar-refractivity contribution in [1.29, 1.82) is 0 Å². The maximum atomic E-state index is 12.0. The number of aromatic hydroxyl groups is 1. The smallest absolute Gasteiger partial charge is 0.259 e. The van der Waals surface area contributed by atoms with Crippen LogP contribution in [0.4, 0.5) is 5.69 Å². The fourth-order valence-corrected chi connectivity index (χ4v) is 1.59. The minimum absolute atomic E-state index is 0.159. The molecule has 0 spiro atoms. The largest absolute Gasteiger partial charge is 0.504 e. The van der Waals surface area contributed by atoms with Crippen molar-refractivity contribution in [3.63, 3.8) is 0 Å². The van der Waals surface area contributed by atoms with Gasteiger partial charge in [-0.05, 0) is 24.3 Å². The number of carbonyl (C=O) groups is 1. The fourth-order valence-electron chi connectivity index (χ4n) is 1.59. The molecule has 2 rings (SSSR count). The van der Waals surface area contributed by atoms with Crippen molar-refractivity contribution in [2.24, 2.45) is 0 Å². The minimum Gasteiger partial charge on any atom is -0.504 e. The molecule has 0 aliphatic carbocycles. The van der Waals surface area contributed by atoms with Crippen molar-refractivity contribution < 1.29 is 14.6 Å². The zero-order valence-electron chi connectivity index (χ0n) is 9.88. The third-order valence-corrected chi connectivity index (χ3v) is 2.50. The highest BCUT2D eigenvalue weighted by atomic mass is 16.5. The molecule has 4 heteroatoms. The van der Waals surface area contributed by atoms with Crippen molar-refractivity contribution in [2.75, 3.05) is 12.4 Å². The number of para-hydroxylation sites is 2. The van der Waals surface area contributed by atoms with Crippen LogP contribution in [0.5, 0.6) is 11.5 Å². The van der Waals surface area contributed by atoms with Crippen molar-refractivity contribution in [2.45, 2.75) is 0 Å². The molecule has 0 atom stereocenters. The van der Waals surface area contributed by atoms with Gasteiger partial charge in [-0.3, -0.25) is 4.79 Å². The Labute approximate surface area is 105 Å². The van der Waals surface area contributed by atoms with Crippen LogP contribution in [0.2, 0.25) is 0 Å². The topological polar surface area (TPSA) is 58.6 Å². The first-order valence-corrected chi connectivity index (χ1v) is 5.44. The molecule has 2 N–H and O–H groups in total. The highest BCUT2D eigenvalue weighted by Gasteiger charge is 2.14. The first-order valence-electron chi connectivity index (χ1n) is 5.44. The third-order valence-electron chi connectivity index (χ3n) is 2.50. The number of phenols is 1. The highest BCUT2D eigenvalue weighted by Crippen LogP contribution is 2.29. The predicted octanol–water partition coefficient (Wildman–Crippen LogP) is 2.65. The standard InChI is InChI=1S/C14H13NO3/c1-18-12-9-5-8-11(13(12)16)14(17)15-10-6-3-2-4-7-10/h2-9,16H,1H3,(H,15,17). The quantitative estimate of drug-likeness (QED) is 0.871. The van der Waals surface area contributed by atoms with Gasteiger partial charge in [0, 0.05) is 5.69 Å². The normalized spacial score (nSPS) is 9.83. The summed E-state index contributed by atoms with van der Waals surface area (Å²) in [5.74, 6) is -0.262. The van der Waals surface area contributed by atoms with Gasteiger partial charge < -0.3 is 15.2 Å². The number of amides is 1. The number of anilines is 1. The van der Waals surface area contributed by atoms with Gasteiger partial charge in [-0.1, -0.05) is 24.3 Å². The second-order valence-corrected chi connectivity index (χ2v) is 3.68. The molecule has 0 radical (unpaired) electrons. The van der Waals surface area contributed by atoms with Gasteiger partial charge in [-0.2, -0.15) is 0 Å². The van der Waals surface area contributed by atoms with E-state index in [-0.39, 0.29) is 23.0 Å². The van der Waals surface area contributed by atoms with Crippen LogP contribution in [0.25, 0.3) is 0 Å².